The summed E-state index contributed by atoms with van der Waals surface area (Å²) >= 11 is 0. The van der Waals surface area contributed by atoms with Crippen LogP contribution in [0.25, 0.3) is 0 Å². The molecule has 4 heteroatoms. The van der Waals surface area contributed by atoms with Crippen LogP contribution in [-0.4, -0.2) is 31.2 Å². The maximum absolute atomic E-state index is 10.9. The fourth-order valence-electron chi connectivity index (χ4n) is 2.43. The number of amides is 1. The molecule has 14 heavy (non-hydrogen) atoms. The van der Waals surface area contributed by atoms with Crippen LogP contribution in [0.4, 0.5) is 0 Å². The predicted molar refractivity (Wildman–Crippen MR) is 52.7 cm³/mol. The van der Waals surface area contributed by atoms with Gasteiger partial charge in [-0.15, -0.1) is 0 Å². The molecule has 2 aliphatic rings. The zero-order valence-electron chi connectivity index (χ0n) is 8.37. The maximum Gasteiger partial charge on any atom is 0.246 e. The molecule has 2 saturated heterocycles. The number of nitrogens with two attached hydrogens (primary N) is 1. The molecule has 0 spiro atoms. The average Bonchev–Trinajstić information content (AvgIpc) is 2.68. The van der Waals surface area contributed by atoms with E-state index in [1.54, 1.807) is 0 Å². The molecule has 2 aliphatic heterocycles. The van der Waals surface area contributed by atoms with Gasteiger partial charge in [0.05, 0.1) is 6.10 Å². The molecule has 80 valence electrons. The van der Waals surface area contributed by atoms with Gasteiger partial charge in [-0.3, -0.25) is 4.79 Å². The van der Waals surface area contributed by atoms with Gasteiger partial charge in [0.1, 0.15) is 6.10 Å². The normalized spacial score (nSPS) is 34.6. The van der Waals surface area contributed by atoms with Crippen molar-refractivity contribution in [1.29, 1.82) is 0 Å². The predicted octanol–water partition coefficient (Wildman–Crippen LogP) is 0.0189. The molecule has 2 atom stereocenters. The fourth-order valence-corrected chi connectivity index (χ4v) is 2.43. The summed E-state index contributed by atoms with van der Waals surface area (Å²) in [5, 5.41) is 3.32. The fraction of sp³-hybridized carbons (Fsp3) is 0.900. The second-order valence-electron chi connectivity index (χ2n) is 4.23. The van der Waals surface area contributed by atoms with Gasteiger partial charge in [-0.1, -0.05) is 0 Å². The number of primary amides is 1. The summed E-state index contributed by atoms with van der Waals surface area (Å²) in [5.41, 5.74) is 5.21. The Hall–Kier alpha value is -0.610. The summed E-state index contributed by atoms with van der Waals surface area (Å²) < 4.78 is 5.66. The van der Waals surface area contributed by atoms with Crippen LogP contribution in [0.1, 0.15) is 25.7 Å². The first-order valence-electron chi connectivity index (χ1n) is 5.43. The van der Waals surface area contributed by atoms with Crippen molar-refractivity contribution < 1.29 is 9.53 Å². The van der Waals surface area contributed by atoms with Crippen LogP contribution >= 0.6 is 0 Å². The molecule has 0 saturated carbocycles. The first kappa shape index (κ1) is 9.93. The van der Waals surface area contributed by atoms with Crippen molar-refractivity contribution in [3.8, 4) is 0 Å². The second-order valence-corrected chi connectivity index (χ2v) is 4.23. The molecule has 2 rings (SSSR count). The minimum absolute atomic E-state index is 0.273. The third-order valence-electron chi connectivity index (χ3n) is 3.28. The quantitative estimate of drug-likeness (QED) is 0.657. The third kappa shape index (κ3) is 2.07. The number of carbonyl (C=O) groups excluding carboxylic acids is 1. The van der Waals surface area contributed by atoms with Gasteiger partial charge in [0.25, 0.3) is 0 Å². The van der Waals surface area contributed by atoms with Gasteiger partial charge < -0.3 is 15.8 Å². The molecule has 0 bridgehead atoms. The van der Waals surface area contributed by atoms with E-state index in [1.165, 1.54) is 0 Å². The SMILES string of the molecule is NC(=O)[C@@H]1CC[C@H](C2CCNCC2)O1. The Labute approximate surface area is 84.2 Å². The average molecular weight is 198 g/mol. The van der Waals surface area contributed by atoms with Gasteiger partial charge in [0, 0.05) is 0 Å². The van der Waals surface area contributed by atoms with Crippen LogP contribution in [0.3, 0.4) is 0 Å². The van der Waals surface area contributed by atoms with E-state index in [-0.39, 0.29) is 18.1 Å². The Morgan fingerprint density at radius 3 is 2.50 bits per heavy atom. The number of piperidine rings is 1. The van der Waals surface area contributed by atoms with E-state index in [2.05, 4.69) is 5.32 Å². The van der Waals surface area contributed by atoms with Crippen molar-refractivity contribution >= 4 is 5.91 Å². The first-order valence-corrected chi connectivity index (χ1v) is 5.43. The number of ether oxygens (including phenoxy) is 1. The third-order valence-corrected chi connectivity index (χ3v) is 3.28. The number of hydrogen-bond acceptors (Lipinski definition) is 3. The van der Waals surface area contributed by atoms with Crippen molar-refractivity contribution in [3.05, 3.63) is 0 Å². The van der Waals surface area contributed by atoms with Gasteiger partial charge in [0.2, 0.25) is 5.91 Å². The minimum Gasteiger partial charge on any atom is -0.367 e. The van der Waals surface area contributed by atoms with E-state index in [4.69, 9.17) is 10.5 Å². The van der Waals surface area contributed by atoms with Gasteiger partial charge in [-0.05, 0) is 44.7 Å². The monoisotopic (exact) mass is 198 g/mol. The number of carbonyl (C=O) groups is 1. The molecule has 1 amide bonds. The molecule has 0 unspecified atom stereocenters. The Bertz CT molecular complexity index is 214. The molecular formula is C10H18N2O2. The summed E-state index contributed by atoms with van der Waals surface area (Å²) in [4.78, 5) is 10.9. The zero-order chi connectivity index (χ0) is 9.97. The molecule has 4 nitrogen and oxygen atoms in total. The van der Waals surface area contributed by atoms with Crippen LogP contribution in [0.2, 0.25) is 0 Å². The van der Waals surface area contributed by atoms with Gasteiger partial charge in [0.15, 0.2) is 0 Å². The smallest absolute Gasteiger partial charge is 0.246 e. The van der Waals surface area contributed by atoms with Crippen molar-refractivity contribution in [2.75, 3.05) is 13.1 Å². The topological polar surface area (TPSA) is 64.4 Å². The largest absolute Gasteiger partial charge is 0.367 e. The summed E-state index contributed by atoms with van der Waals surface area (Å²) in [6.07, 6.45) is 4.08. The van der Waals surface area contributed by atoms with Crippen LogP contribution < -0.4 is 11.1 Å². The molecule has 0 aromatic heterocycles. The lowest BCUT2D eigenvalue weighted by Gasteiger charge is -2.27. The number of nitrogens with one attached hydrogen (secondary N) is 1. The molecule has 0 aromatic rings. The van der Waals surface area contributed by atoms with Crippen molar-refractivity contribution in [2.24, 2.45) is 11.7 Å². The molecular weight excluding hydrogens is 180 g/mol. The summed E-state index contributed by atoms with van der Waals surface area (Å²) in [6.45, 7) is 2.15. The molecule has 0 radical (unpaired) electrons. The highest BCUT2D eigenvalue weighted by molar-refractivity contribution is 5.79. The minimum atomic E-state index is -0.324. The van der Waals surface area contributed by atoms with Crippen molar-refractivity contribution in [3.63, 3.8) is 0 Å². The van der Waals surface area contributed by atoms with Gasteiger partial charge in [-0.25, -0.2) is 0 Å². The molecule has 0 aromatic carbocycles. The van der Waals surface area contributed by atoms with Gasteiger partial charge in [-0.2, -0.15) is 0 Å². The first-order chi connectivity index (χ1) is 6.77. The van der Waals surface area contributed by atoms with Crippen LogP contribution in [0.5, 0.6) is 0 Å². The van der Waals surface area contributed by atoms with Gasteiger partial charge >= 0.3 is 0 Å². The highest BCUT2D eigenvalue weighted by Crippen LogP contribution is 2.29. The maximum atomic E-state index is 10.9. The highest BCUT2D eigenvalue weighted by atomic mass is 16.5. The van der Waals surface area contributed by atoms with Crippen LogP contribution in [0.15, 0.2) is 0 Å². The van der Waals surface area contributed by atoms with E-state index in [1.807, 2.05) is 0 Å². The second kappa shape index (κ2) is 4.28. The van der Waals surface area contributed by atoms with Crippen LogP contribution in [0, 0.1) is 5.92 Å². The highest BCUT2D eigenvalue weighted by Gasteiger charge is 2.34. The van der Waals surface area contributed by atoms with Crippen molar-refractivity contribution in [2.45, 2.75) is 37.9 Å². The van der Waals surface area contributed by atoms with E-state index in [0.29, 0.717) is 5.92 Å². The lowest BCUT2D eigenvalue weighted by Crippen LogP contribution is -2.35. The Morgan fingerprint density at radius 1 is 1.21 bits per heavy atom. The van der Waals surface area contributed by atoms with E-state index < -0.39 is 0 Å². The Kier molecular flexibility index (Phi) is 3.03. The molecule has 2 heterocycles. The Morgan fingerprint density at radius 2 is 1.93 bits per heavy atom. The number of hydrogen-bond donors (Lipinski definition) is 2. The van der Waals surface area contributed by atoms with Crippen LogP contribution in [-0.2, 0) is 9.53 Å². The summed E-state index contributed by atoms with van der Waals surface area (Å²) in [5.74, 6) is 0.321. The molecule has 3 N–H and O–H groups in total. The molecule has 2 fully saturated rings. The number of rotatable bonds is 2. The van der Waals surface area contributed by atoms with E-state index in [0.717, 1.165) is 38.8 Å². The lowest BCUT2D eigenvalue weighted by molar-refractivity contribution is -0.130. The molecule has 0 aliphatic carbocycles. The summed E-state index contributed by atoms with van der Waals surface area (Å²) in [7, 11) is 0. The Balaban J connectivity index is 1.85. The van der Waals surface area contributed by atoms with E-state index >= 15 is 0 Å². The zero-order valence-corrected chi connectivity index (χ0v) is 8.37. The standard InChI is InChI=1S/C10H18N2O2/c11-10(13)9-2-1-8(14-9)7-3-5-12-6-4-7/h7-9,12H,1-6H2,(H2,11,13)/t8-,9+/m1/s1. The lowest BCUT2D eigenvalue weighted by atomic mass is 9.91. The summed E-state index contributed by atoms with van der Waals surface area (Å²) in [6, 6.07) is 0. The van der Waals surface area contributed by atoms with Crippen molar-refractivity contribution in [1.82, 2.24) is 5.32 Å². The van der Waals surface area contributed by atoms with E-state index in [9.17, 15) is 4.79 Å².